The van der Waals surface area contributed by atoms with Gasteiger partial charge in [0.15, 0.2) is 5.76 Å². The van der Waals surface area contributed by atoms with Crippen LogP contribution in [0.4, 0.5) is 5.69 Å². The molecule has 1 atom stereocenters. The lowest BCUT2D eigenvalue weighted by atomic mass is 10.1. The van der Waals surface area contributed by atoms with E-state index in [1.807, 2.05) is 54.6 Å². The summed E-state index contributed by atoms with van der Waals surface area (Å²) in [5.74, 6) is -0.505. The SMILES string of the molecule is O=C(NCc1cc(-c2ccccc2)on1)[C@H]1CCN(c2cccc(Br)c2)C1=O. The third-order valence-corrected chi connectivity index (χ3v) is 5.20. The molecular formula is C21H18BrN3O3. The normalized spacial score (nSPS) is 16.4. The smallest absolute Gasteiger partial charge is 0.239 e. The van der Waals surface area contributed by atoms with E-state index in [2.05, 4.69) is 26.4 Å². The fraction of sp³-hybridized carbons (Fsp3) is 0.190. The molecule has 6 nitrogen and oxygen atoms in total. The highest BCUT2D eigenvalue weighted by Crippen LogP contribution is 2.27. The molecule has 142 valence electrons. The molecule has 3 aromatic rings. The first-order valence-electron chi connectivity index (χ1n) is 8.97. The van der Waals surface area contributed by atoms with Crippen molar-refractivity contribution >= 4 is 33.4 Å². The summed E-state index contributed by atoms with van der Waals surface area (Å²) in [6.07, 6.45) is 0.491. The minimum atomic E-state index is -0.681. The fourth-order valence-corrected chi connectivity index (χ4v) is 3.65. The molecule has 1 aliphatic heterocycles. The second-order valence-corrected chi connectivity index (χ2v) is 7.49. The Labute approximate surface area is 170 Å². The van der Waals surface area contributed by atoms with Crippen LogP contribution in [-0.4, -0.2) is 23.5 Å². The van der Waals surface area contributed by atoms with E-state index in [4.69, 9.17) is 4.52 Å². The van der Waals surface area contributed by atoms with Crippen molar-refractivity contribution in [1.82, 2.24) is 10.5 Å². The van der Waals surface area contributed by atoms with Gasteiger partial charge in [-0.2, -0.15) is 0 Å². The monoisotopic (exact) mass is 439 g/mol. The van der Waals surface area contributed by atoms with E-state index < -0.39 is 5.92 Å². The molecule has 28 heavy (non-hydrogen) atoms. The van der Waals surface area contributed by atoms with Crippen LogP contribution >= 0.6 is 15.9 Å². The quantitative estimate of drug-likeness (QED) is 0.613. The van der Waals surface area contributed by atoms with Gasteiger partial charge in [-0.15, -0.1) is 0 Å². The molecule has 2 amide bonds. The summed E-state index contributed by atoms with van der Waals surface area (Å²) in [6.45, 7) is 0.741. The van der Waals surface area contributed by atoms with Crippen LogP contribution in [0.25, 0.3) is 11.3 Å². The second-order valence-electron chi connectivity index (χ2n) is 6.58. The van der Waals surface area contributed by atoms with E-state index in [0.29, 0.717) is 24.4 Å². The summed E-state index contributed by atoms with van der Waals surface area (Å²) in [6, 6.07) is 18.9. The highest BCUT2D eigenvalue weighted by molar-refractivity contribution is 9.10. The first-order chi connectivity index (χ1) is 13.6. The maximum Gasteiger partial charge on any atom is 0.239 e. The van der Waals surface area contributed by atoms with Crippen molar-refractivity contribution in [3.05, 3.63) is 70.8 Å². The number of hydrogen-bond donors (Lipinski definition) is 1. The lowest BCUT2D eigenvalue weighted by Gasteiger charge is -2.17. The van der Waals surface area contributed by atoms with Crippen molar-refractivity contribution in [2.45, 2.75) is 13.0 Å². The zero-order chi connectivity index (χ0) is 19.5. The third-order valence-electron chi connectivity index (χ3n) is 4.70. The number of amides is 2. The highest BCUT2D eigenvalue weighted by Gasteiger charge is 2.37. The topological polar surface area (TPSA) is 75.4 Å². The predicted molar refractivity (Wildman–Crippen MR) is 108 cm³/mol. The molecule has 0 radical (unpaired) electrons. The minimum absolute atomic E-state index is 0.180. The fourth-order valence-electron chi connectivity index (χ4n) is 3.26. The molecule has 0 unspecified atom stereocenters. The summed E-state index contributed by atoms with van der Waals surface area (Å²) < 4.78 is 6.23. The van der Waals surface area contributed by atoms with Gasteiger partial charge in [0.2, 0.25) is 11.8 Å². The van der Waals surface area contributed by atoms with Crippen molar-refractivity contribution in [3.63, 3.8) is 0 Å². The number of anilines is 1. The molecule has 1 saturated heterocycles. The molecule has 0 saturated carbocycles. The molecule has 0 bridgehead atoms. The van der Waals surface area contributed by atoms with Crippen molar-refractivity contribution in [2.24, 2.45) is 5.92 Å². The van der Waals surface area contributed by atoms with Gasteiger partial charge < -0.3 is 14.7 Å². The maximum atomic E-state index is 12.7. The second kappa shape index (κ2) is 7.98. The lowest BCUT2D eigenvalue weighted by molar-refractivity contribution is -0.132. The summed E-state index contributed by atoms with van der Waals surface area (Å²) in [5, 5.41) is 6.79. The number of benzene rings is 2. The minimum Gasteiger partial charge on any atom is -0.356 e. The van der Waals surface area contributed by atoms with Crippen LogP contribution in [0.3, 0.4) is 0 Å². The molecule has 0 aliphatic carbocycles. The van der Waals surface area contributed by atoms with E-state index in [-0.39, 0.29) is 18.4 Å². The zero-order valence-electron chi connectivity index (χ0n) is 15.0. The number of halogens is 1. The Morgan fingerprint density at radius 1 is 1.18 bits per heavy atom. The lowest BCUT2D eigenvalue weighted by Crippen LogP contribution is -2.36. The number of carbonyl (C=O) groups is 2. The van der Waals surface area contributed by atoms with E-state index >= 15 is 0 Å². The van der Waals surface area contributed by atoms with E-state index in [1.54, 1.807) is 11.0 Å². The molecular weight excluding hydrogens is 422 g/mol. The number of carbonyl (C=O) groups excluding carboxylic acids is 2. The highest BCUT2D eigenvalue weighted by atomic mass is 79.9. The Bertz CT molecular complexity index is 1000. The van der Waals surface area contributed by atoms with Crippen LogP contribution in [0, 0.1) is 5.92 Å². The van der Waals surface area contributed by atoms with Crippen molar-refractivity contribution in [3.8, 4) is 11.3 Å². The third kappa shape index (κ3) is 3.84. The van der Waals surface area contributed by atoms with Gasteiger partial charge in [-0.1, -0.05) is 57.5 Å². The van der Waals surface area contributed by atoms with Gasteiger partial charge in [-0.25, -0.2) is 0 Å². The summed E-state index contributed by atoms with van der Waals surface area (Å²) >= 11 is 3.41. The number of nitrogens with one attached hydrogen (secondary N) is 1. The van der Waals surface area contributed by atoms with Gasteiger partial charge in [-0.3, -0.25) is 9.59 Å². The molecule has 1 aromatic heterocycles. The number of nitrogens with zero attached hydrogens (tertiary/aromatic N) is 2. The Kier molecular flexibility index (Phi) is 5.25. The average Bonchev–Trinajstić information content (AvgIpc) is 3.34. The molecule has 1 aliphatic rings. The van der Waals surface area contributed by atoms with Crippen molar-refractivity contribution in [2.75, 3.05) is 11.4 Å². The van der Waals surface area contributed by atoms with Crippen LogP contribution in [0.2, 0.25) is 0 Å². The molecule has 2 heterocycles. The van der Waals surface area contributed by atoms with Gasteiger partial charge in [0.1, 0.15) is 11.6 Å². The number of hydrogen-bond acceptors (Lipinski definition) is 4. The average molecular weight is 440 g/mol. The van der Waals surface area contributed by atoms with Gasteiger partial charge in [0.25, 0.3) is 0 Å². The Morgan fingerprint density at radius 2 is 2.00 bits per heavy atom. The van der Waals surface area contributed by atoms with Gasteiger partial charge in [0, 0.05) is 28.3 Å². The number of rotatable bonds is 5. The first-order valence-corrected chi connectivity index (χ1v) is 9.77. The molecule has 0 spiro atoms. The van der Waals surface area contributed by atoms with Crippen LogP contribution < -0.4 is 10.2 Å². The van der Waals surface area contributed by atoms with Crippen LogP contribution in [0.5, 0.6) is 0 Å². The van der Waals surface area contributed by atoms with E-state index in [0.717, 1.165) is 15.7 Å². The van der Waals surface area contributed by atoms with Crippen LogP contribution in [0.15, 0.2) is 69.7 Å². The van der Waals surface area contributed by atoms with Gasteiger partial charge in [0.05, 0.1) is 6.54 Å². The Hall–Kier alpha value is -2.93. The van der Waals surface area contributed by atoms with E-state index in [1.165, 1.54) is 0 Å². The van der Waals surface area contributed by atoms with E-state index in [9.17, 15) is 9.59 Å². The number of aromatic nitrogens is 1. The molecule has 7 heteroatoms. The largest absolute Gasteiger partial charge is 0.356 e. The molecule has 1 fully saturated rings. The summed E-state index contributed by atoms with van der Waals surface area (Å²) in [4.78, 5) is 26.8. The molecule has 1 N–H and O–H groups in total. The Morgan fingerprint density at radius 3 is 2.79 bits per heavy atom. The van der Waals surface area contributed by atoms with Crippen molar-refractivity contribution in [1.29, 1.82) is 0 Å². The van der Waals surface area contributed by atoms with Crippen LogP contribution in [-0.2, 0) is 16.1 Å². The summed E-state index contributed by atoms with van der Waals surface area (Å²) in [5.41, 5.74) is 2.32. The van der Waals surface area contributed by atoms with Gasteiger partial charge >= 0.3 is 0 Å². The summed E-state index contributed by atoms with van der Waals surface area (Å²) in [7, 11) is 0. The Balaban J connectivity index is 1.37. The predicted octanol–water partition coefficient (Wildman–Crippen LogP) is 3.77. The molecule has 2 aromatic carbocycles. The van der Waals surface area contributed by atoms with Crippen LogP contribution in [0.1, 0.15) is 12.1 Å². The first kappa shape index (κ1) is 18.4. The maximum absolute atomic E-state index is 12.7. The molecule has 4 rings (SSSR count). The van der Waals surface area contributed by atoms with Gasteiger partial charge in [-0.05, 0) is 24.6 Å². The standard InChI is InChI=1S/C21H18BrN3O3/c22-15-7-4-8-17(11-15)25-10-9-18(21(25)27)20(26)23-13-16-12-19(28-24-16)14-5-2-1-3-6-14/h1-8,11-12,18H,9-10,13H2,(H,23,26)/t18-/m1/s1. The van der Waals surface area contributed by atoms with Crippen molar-refractivity contribution < 1.29 is 14.1 Å². The zero-order valence-corrected chi connectivity index (χ0v) is 16.6.